The zero-order valence-corrected chi connectivity index (χ0v) is 8.84. The van der Waals surface area contributed by atoms with Gasteiger partial charge in [0.05, 0.1) is 17.4 Å². The average Bonchev–Trinajstić information content (AvgIpc) is 2.70. The molecule has 0 radical (unpaired) electrons. The molecule has 0 N–H and O–H groups in total. The number of halogens is 1. The molecule has 0 fully saturated rings. The zero-order chi connectivity index (χ0) is 10.1. The number of aromatic nitrogens is 3. The summed E-state index contributed by atoms with van der Waals surface area (Å²) < 4.78 is 1.53. The molecule has 2 rings (SSSR count). The molecule has 2 heterocycles. The van der Waals surface area contributed by atoms with E-state index in [1.165, 1.54) is 29.1 Å². The van der Waals surface area contributed by atoms with Gasteiger partial charge in [-0.15, -0.1) is 11.3 Å². The molecule has 0 amide bonds. The molecule has 72 valence electrons. The molecule has 4 nitrogen and oxygen atoms in total. The Morgan fingerprint density at radius 1 is 1.64 bits per heavy atom. The number of carbonyl (C=O) groups excluding carboxylic acids is 1. The molecule has 2 aromatic rings. The van der Waals surface area contributed by atoms with Gasteiger partial charge in [0.25, 0.3) is 0 Å². The monoisotopic (exact) mass is 227 g/mol. The van der Waals surface area contributed by atoms with Crippen molar-refractivity contribution in [1.82, 2.24) is 14.8 Å². The van der Waals surface area contributed by atoms with Crippen molar-refractivity contribution in [3.05, 3.63) is 27.8 Å². The number of nitrogens with zero attached hydrogens (tertiary/aromatic N) is 3. The maximum atomic E-state index is 11.0. The number of rotatable bonds is 2. The van der Waals surface area contributed by atoms with Crippen molar-refractivity contribution in [2.24, 2.45) is 0 Å². The van der Waals surface area contributed by atoms with E-state index in [1.807, 2.05) is 0 Å². The Labute approximate surface area is 89.2 Å². The van der Waals surface area contributed by atoms with Crippen LogP contribution in [0, 0.1) is 0 Å². The highest BCUT2D eigenvalue weighted by Crippen LogP contribution is 2.15. The summed E-state index contributed by atoms with van der Waals surface area (Å²) in [7, 11) is 0. The van der Waals surface area contributed by atoms with Gasteiger partial charge < -0.3 is 0 Å². The largest absolute Gasteiger partial charge is 0.292 e. The lowest BCUT2D eigenvalue weighted by Crippen LogP contribution is -1.96. The Bertz CT molecular complexity index is 476. The SMILES string of the molecule is CC(=O)c1nc(-n2cc(Cl)cn2)cs1. The molecule has 14 heavy (non-hydrogen) atoms. The molecule has 0 atom stereocenters. The maximum absolute atomic E-state index is 11.0. The Balaban J connectivity index is 2.38. The van der Waals surface area contributed by atoms with Crippen LogP contribution in [0.4, 0.5) is 0 Å². The van der Waals surface area contributed by atoms with Crippen LogP contribution >= 0.6 is 22.9 Å². The first-order chi connectivity index (χ1) is 6.66. The number of carbonyl (C=O) groups is 1. The minimum atomic E-state index is -0.0421. The number of hydrogen-bond acceptors (Lipinski definition) is 4. The van der Waals surface area contributed by atoms with Crippen molar-refractivity contribution in [3.63, 3.8) is 0 Å². The van der Waals surface area contributed by atoms with Crippen LogP contribution in [0.5, 0.6) is 0 Å². The van der Waals surface area contributed by atoms with Crippen LogP contribution in [0.25, 0.3) is 5.82 Å². The third-order valence-corrected chi connectivity index (χ3v) is 2.70. The summed E-state index contributed by atoms with van der Waals surface area (Å²) in [5, 5.41) is 6.76. The average molecular weight is 228 g/mol. The normalized spacial score (nSPS) is 10.4. The van der Waals surface area contributed by atoms with Crippen LogP contribution in [0.3, 0.4) is 0 Å². The molecule has 0 aromatic carbocycles. The third kappa shape index (κ3) is 1.69. The van der Waals surface area contributed by atoms with Gasteiger partial charge in [0.2, 0.25) is 0 Å². The van der Waals surface area contributed by atoms with E-state index in [0.29, 0.717) is 15.8 Å². The summed E-state index contributed by atoms with van der Waals surface area (Å²) in [4.78, 5) is 15.1. The quantitative estimate of drug-likeness (QED) is 0.739. The number of ketones is 1. The molecule has 0 unspecified atom stereocenters. The highest BCUT2D eigenvalue weighted by molar-refractivity contribution is 7.11. The van der Waals surface area contributed by atoms with Crippen molar-refractivity contribution in [1.29, 1.82) is 0 Å². The summed E-state index contributed by atoms with van der Waals surface area (Å²) >= 11 is 7.00. The molecular formula is C8H6ClN3OS. The molecule has 6 heteroatoms. The molecule has 0 saturated heterocycles. The van der Waals surface area contributed by atoms with Gasteiger partial charge in [-0.1, -0.05) is 11.6 Å². The van der Waals surface area contributed by atoms with E-state index in [9.17, 15) is 4.79 Å². The lowest BCUT2D eigenvalue weighted by molar-refractivity contribution is 0.101. The summed E-state index contributed by atoms with van der Waals surface area (Å²) in [6.45, 7) is 1.48. The van der Waals surface area contributed by atoms with Crippen LogP contribution in [0.15, 0.2) is 17.8 Å². The van der Waals surface area contributed by atoms with Gasteiger partial charge in [0.1, 0.15) is 0 Å². The Morgan fingerprint density at radius 3 is 2.93 bits per heavy atom. The molecule has 0 aliphatic rings. The van der Waals surface area contributed by atoms with Gasteiger partial charge in [0, 0.05) is 12.3 Å². The second-order valence-corrected chi connectivity index (χ2v) is 3.96. The minimum absolute atomic E-state index is 0.0421. The van der Waals surface area contributed by atoms with Crippen LogP contribution in [0.2, 0.25) is 5.02 Å². The molecule has 2 aromatic heterocycles. The Hall–Kier alpha value is -1.20. The fraction of sp³-hybridized carbons (Fsp3) is 0.125. The van der Waals surface area contributed by atoms with Crippen LogP contribution < -0.4 is 0 Å². The molecule has 0 spiro atoms. The van der Waals surface area contributed by atoms with Crippen molar-refractivity contribution >= 4 is 28.7 Å². The lowest BCUT2D eigenvalue weighted by Gasteiger charge is -1.91. The maximum Gasteiger partial charge on any atom is 0.188 e. The van der Waals surface area contributed by atoms with E-state index in [1.54, 1.807) is 11.6 Å². The Kier molecular flexibility index (Phi) is 2.35. The van der Waals surface area contributed by atoms with Crippen LogP contribution in [-0.4, -0.2) is 20.5 Å². The van der Waals surface area contributed by atoms with Gasteiger partial charge >= 0.3 is 0 Å². The Morgan fingerprint density at radius 2 is 2.43 bits per heavy atom. The zero-order valence-electron chi connectivity index (χ0n) is 7.27. The van der Waals surface area contributed by atoms with E-state index in [2.05, 4.69) is 10.1 Å². The van der Waals surface area contributed by atoms with E-state index < -0.39 is 0 Å². The first kappa shape index (κ1) is 9.36. The first-order valence-electron chi connectivity index (χ1n) is 3.84. The molecule has 0 bridgehead atoms. The van der Waals surface area contributed by atoms with Crippen molar-refractivity contribution in [2.45, 2.75) is 6.92 Å². The van der Waals surface area contributed by atoms with Crippen molar-refractivity contribution in [2.75, 3.05) is 0 Å². The molecule has 0 aliphatic heterocycles. The minimum Gasteiger partial charge on any atom is -0.292 e. The fourth-order valence-corrected chi connectivity index (χ4v) is 1.78. The predicted octanol–water partition coefficient (Wildman–Crippen LogP) is 2.18. The molecular weight excluding hydrogens is 222 g/mol. The van der Waals surface area contributed by atoms with E-state index >= 15 is 0 Å². The second kappa shape index (κ2) is 3.51. The van der Waals surface area contributed by atoms with Gasteiger partial charge in [-0.2, -0.15) is 5.10 Å². The second-order valence-electron chi connectivity index (χ2n) is 2.67. The molecule has 0 saturated carbocycles. The van der Waals surface area contributed by atoms with Gasteiger partial charge in [-0.3, -0.25) is 4.79 Å². The number of thiazole rings is 1. The smallest absolute Gasteiger partial charge is 0.188 e. The van der Waals surface area contributed by atoms with Crippen LogP contribution in [-0.2, 0) is 0 Å². The topological polar surface area (TPSA) is 47.8 Å². The van der Waals surface area contributed by atoms with Gasteiger partial charge in [-0.05, 0) is 0 Å². The lowest BCUT2D eigenvalue weighted by atomic mass is 10.5. The summed E-state index contributed by atoms with van der Waals surface area (Å²) in [5.41, 5.74) is 0. The van der Waals surface area contributed by atoms with Crippen LogP contribution in [0.1, 0.15) is 16.7 Å². The standard InChI is InChI=1S/C8H6ClN3OS/c1-5(13)8-11-7(4-14-8)12-3-6(9)2-10-12/h2-4H,1H3. The number of hydrogen-bond donors (Lipinski definition) is 0. The van der Waals surface area contributed by atoms with Crippen molar-refractivity contribution in [3.8, 4) is 5.82 Å². The third-order valence-electron chi connectivity index (χ3n) is 1.58. The van der Waals surface area contributed by atoms with Crippen molar-refractivity contribution < 1.29 is 4.79 Å². The highest BCUT2D eigenvalue weighted by Gasteiger charge is 2.07. The summed E-state index contributed by atoms with van der Waals surface area (Å²) in [5.74, 6) is 0.576. The van der Waals surface area contributed by atoms with Gasteiger partial charge in [-0.25, -0.2) is 9.67 Å². The summed E-state index contributed by atoms with van der Waals surface area (Å²) in [6.07, 6.45) is 3.16. The number of Topliss-reactive ketones (excluding diaryl/α,β-unsaturated/α-hetero) is 1. The fourth-order valence-electron chi connectivity index (χ4n) is 0.958. The summed E-state index contributed by atoms with van der Waals surface area (Å²) in [6, 6.07) is 0. The van der Waals surface area contributed by atoms with E-state index in [4.69, 9.17) is 11.6 Å². The van der Waals surface area contributed by atoms with Gasteiger partial charge in [0.15, 0.2) is 16.6 Å². The highest BCUT2D eigenvalue weighted by atomic mass is 35.5. The van der Waals surface area contributed by atoms with E-state index in [-0.39, 0.29) is 5.78 Å². The van der Waals surface area contributed by atoms with E-state index in [0.717, 1.165) is 0 Å². The molecule has 0 aliphatic carbocycles. The predicted molar refractivity (Wildman–Crippen MR) is 54.3 cm³/mol. The first-order valence-corrected chi connectivity index (χ1v) is 5.09.